The molecule has 0 spiro atoms. The van der Waals surface area contributed by atoms with Crippen LogP contribution in [-0.2, 0) is 35.1 Å². The monoisotopic (exact) mass is 807 g/mol. The summed E-state index contributed by atoms with van der Waals surface area (Å²) in [7, 11) is 0. The third-order valence-electron chi connectivity index (χ3n) is 10.6. The summed E-state index contributed by atoms with van der Waals surface area (Å²) in [5.74, 6) is -4.36. The number of amides is 5. The predicted octanol–water partition coefficient (Wildman–Crippen LogP) is 3.35. The lowest BCUT2D eigenvalue weighted by Crippen LogP contribution is -2.61. The molecule has 5 amide bonds. The Morgan fingerprint density at radius 3 is 2.16 bits per heavy atom. The van der Waals surface area contributed by atoms with Gasteiger partial charge in [-0.2, -0.15) is 0 Å². The van der Waals surface area contributed by atoms with E-state index in [-0.39, 0.29) is 49.6 Å². The second kappa shape index (κ2) is 21.2. The van der Waals surface area contributed by atoms with Gasteiger partial charge < -0.3 is 36.0 Å². The number of rotatable bonds is 17. The normalized spacial score (nSPS) is 20.1. The summed E-state index contributed by atoms with van der Waals surface area (Å²) in [4.78, 5) is 91.8. The van der Waals surface area contributed by atoms with E-state index in [0.29, 0.717) is 19.4 Å². The van der Waals surface area contributed by atoms with E-state index in [9.17, 15) is 33.9 Å². The highest BCUT2D eigenvalue weighted by atomic mass is 16.6. The summed E-state index contributed by atoms with van der Waals surface area (Å²) in [5.41, 5.74) is 0.00286. The molecule has 2 aliphatic rings. The first-order valence-corrected chi connectivity index (χ1v) is 20.1. The fraction of sp³-hybridized carbons (Fsp3) is 0.628. The third kappa shape index (κ3) is 12.5. The first-order chi connectivity index (χ1) is 26.9. The van der Waals surface area contributed by atoms with Gasteiger partial charge in [-0.25, -0.2) is 9.78 Å². The van der Waals surface area contributed by atoms with Crippen LogP contribution in [-0.4, -0.2) is 104 Å². The number of nitrogens with zero attached hydrogens (tertiary/aromatic N) is 3. The lowest BCUT2D eigenvalue weighted by Gasteiger charge is -2.34. The number of nitrogens with one attached hydrogen (secondary N) is 4. The Labute approximate surface area is 343 Å². The molecule has 1 saturated heterocycles. The van der Waals surface area contributed by atoms with Crippen molar-refractivity contribution in [1.82, 2.24) is 36.1 Å². The van der Waals surface area contributed by atoms with Crippen molar-refractivity contribution in [2.45, 2.75) is 143 Å². The fourth-order valence-electron chi connectivity index (χ4n) is 7.71. The molecule has 58 heavy (non-hydrogen) atoms. The SMILES string of the molecule is C.CCCC(NC(=O)C1[C@H]2CCC[C@H]2CN1C(=O)[C@@H](NC(=O)[C@@H](NC(=O)c1cnccn1)C(C)C)C(C)C)C(O)C(=O)N[C@@H](Cc1ccccc1)C(=O)OC(C)(C)C. The van der Waals surface area contributed by atoms with E-state index in [4.69, 9.17) is 4.74 Å². The van der Waals surface area contributed by atoms with E-state index in [0.717, 1.165) is 18.4 Å². The summed E-state index contributed by atoms with van der Waals surface area (Å²) >= 11 is 0. The summed E-state index contributed by atoms with van der Waals surface area (Å²) in [5, 5.41) is 22.6. The van der Waals surface area contributed by atoms with Crippen molar-refractivity contribution in [2.24, 2.45) is 23.7 Å². The standard InChI is InChI=1S/C42H61N7O8.CH4/c1-9-14-29(35(50)39(54)46-30(41(56)57-42(6,7)8)21-26-15-11-10-12-16-26)45-38(53)34-28-18-13-17-27(28)23-49(34)40(55)33(25(4)5)48-37(52)32(24(2)3)47-36(51)31-22-43-19-20-44-31;/h10-12,15-16,19-20,22,24-25,27-30,32-35,50H,9,13-14,17-18,21,23H2,1-8H3,(H,45,53)(H,46,54)(H,47,51)(H,48,52);1H4/t27-,28-,29?,30-,32-,33-,34?,35?;/m0./s1. The van der Waals surface area contributed by atoms with Crippen molar-refractivity contribution in [3.05, 3.63) is 60.2 Å². The van der Waals surface area contributed by atoms with Gasteiger partial charge in [0.15, 0.2) is 6.10 Å². The summed E-state index contributed by atoms with van der Waals surface area (Å²) < 4.78 is 5.59. The van der Waals surface area contributed by atoms with E-state index >= 15 is 0 Å². The Kier molecular flexibility index (Phi) is 17.3. The molecule has 1 aromatic heterocycles. The minimum absolute atomic E-state index is 0. The molecule has 320 valence electrons. The Balaban J connectivity index is 0.00000900. The third-order valence-corrected chi connectivity index (χ3v) is 10.6. The quantitative estimate of drug-likeness (QED) is 0.147. The van der Waals surface area contributed by atoms with Crippen LogP contribution < -0.4 is 21.3 Å². The number of ether oxygens (including phenoxy) is 1. The van der Waals surface area contributed by atoms with Crippen LogP contribution in [0.15, 0.2) is 48.9 Å². The first kappa shape index (κ1) is 47.5. The van der Waals surface area contributed by atoms with Crippen LogP contribution in [0.1, 0.15) is 111 Å². The summed E-state index contributed by atoms with van der Waals surface area (Å²) in [6.45, 7) is 14.5. The number of hydrogen-bond donors (Lipinski definition) is 5. The Hall–Kier alpha value is -4.92. The zero-order valence-corrected chi connectivity index (χ0v) is 34.5. The van der Waals surface area contributed by atoms with Crippen molar-refractivity contribution in [3.8, 4) is 0 Å². The maximum atomic E-state index is 14.5. The topological polar surface area (TPSA) is 209 Å². The van der Waals surface area contributed by atoms with Crippen LogP contribution in [0, 0.1) is 23.7 Å². The number of fused-ring (bicyclic) bond motifs is 1. The number of benzene rings is 1. The van der Waals surface area contributed by atoms with E-state index in [1.54, 1.807) is 48.5 Å². The largest absolute Gasteiger partial charge is 0.458 e. The Morgan fingerprint density at radius 2 is 1.57 bits per heavy atom. The van der Waals surface area contributed by atoms with Gasteiger partial charge in [0, 0.05) is 25.4 Å². The molecule has 8 atom stereocenters. The van der Waals surface area contributed by atoms with E-state index < -0.39 is 77.4 Å². The van der Waals surface area contributed by atoms with Crippen LogP contribution in [0.25, 0.3) is 0 Å². The second-order valence-electron chi connectivity index (χ2n) is 16.9. The zero-order valence-electron chi connectivity index (χ0n) is 34.5. The summed E-state index contributed by atoms with van der Waals surface area (Å²) in [6.07, 6.45) is 5.71. The number of aliphatic hydroxyl groups excluding tert-OH is 1. The molecule has 2 aromatic rings. The average Bonchev–Trinajstić information content (AvgIpc) is 3.76. The summed E-state index contributed by atoms with van der Waals surface area (Å²) in [6, 6.07) is 4.08. The molecular weight excluding hydrogens is 743 g/mol. The molecule has 15 nitrogen and oxygen atoms in total. The van der Waals surface area contributed by atoms with Gasteiger partial charge in [0.2, 0.25) is 17.7 Å². The molecule has 1 saturated carbocycles. The van der Waals surface area contributed by atoms with Crippen molar-refractivity contribution < 1.29 is 38.6 Å². The minimum Gasteiger partial charge on any atom is -0.458 e. The number of aliphatic hydroxyl groups is 1. The van der Waals surface area contributed by atoms with Crippen LogP contribution in [0.3, 0.4) is 0 Å². The maximum absolute atomic E-state index is 14.5. The Morgan fingerprint density at radius 1 is 0.897 bits per heavy atom. The van der Waals surface area contributed by atoms with Gasteiger partial charge >= 0.3 is 5.97 Å². The van der Waals surface area contributed by atoms with E-state index in [2.05, 4.69) is 31.2 Å². The number of carbonyl (C=O) groups is 6. The molecule has 5 N–H and O–H groups in total. The number of likely N-dealkylation sites (tertiary alicyclic amines) is 1. The molecular formula is C43H65N7O8. The Bertz CT molecular complexity index is 1700. The molecule has 0 radical (unpaired) electrons. The van der Waals surface area contributed by atoms with Crippen molar-refractivity contribution in [3.63, 3.8) is 0 Å². The van der Waals surface area contributed by atoms with Gasteiger partial charge in [-0.3, -0.25) is 29.0 Å². The van der Waals surface area contributed by atoms with E-state index in [1.807, 2.05) is 37.3 Å². The maximum Gasteiger partial charge on any atom is 0.329 e. The lowest BCUT2D eigenvalue weighted by molar-refractivity contribution is -0.159. The van der Waals surface area contributed by atoms with Gasteiger partial charge in [0.1, 0.15) is 35.5 Å². The molecule has 1 aliphatic carbocycles. The lowest BCUT2D eigenvalue weighted by atomic mass is 9.92. The highest BCUT2D eigenvalue weighted by Crippen LogP contribution is 2.43. The molecule has 2 heterocycles. The average molecular weight is 808 g/mol. The van der Waals surface area contributed by atoms with Gasteiger partial charge in [0.05, 0.1) is 12.2 Å². The molecule has 0 bridgehead atoms. The van der Waals surface area contributed by atoms with Gasteiger partial charge in [-0.1, -0.05) is 85.2 Å². The van der Waals surface area contributed by atoms with Crippen molar-refractivity contribution in [1.29, 1.82) is 0 Å². The number of hydrogen-bond acceptors (Lipinski definition) is 10. The van der Waals surface area contributed by atoms with Crippen molar-refractivity contribution >= 4 is 35.5 Å². The molecule has 1 aliphatic heterocycles. The molecule has 1 aromatic carbocycles. The molecule has 4 rings (SSSR count). The van der Waals surface area contributed by atoms with Gasteiger partial charge in [-0.15, -0.1) is 0 Å². The molecule has 3 unspecified atom stereocenters. The van der Waals surface area contributed by atoms with Crippen LogP contribution in [0.2, 0.25) is 0 Å². The number of carbonyl (C=O) groups excluding carboxylic acids is 6. The fourth-order valence-corrected chi connectivity index (χ4v) is 7.71. The van der Waals surface area contributed by atoms with Crippen LogP contribution in [0.5, 0.6) is 0 Å². The molecule has 2 fully saturated rings. The molecule has 15 heteroatoms. The zero-order chi connectivity index (χ0) is 42.0. The second-order valence-corrected chi connectivity index (χ2v) is 16.9. The van der Waals surface area contributed by atoms with Crippen molar-refractivity contribution in [2.75, 3.05) is 6.54 Å². The van der Waals surface area contributed by atoms with E-state index in [1.165, 1.54) is 23.5 Å². The van der Waals surface area contributed by atoms with Crippen LogP contribution in [0.4, 0.5) is 0 Å². The van der Waals surface area contributed by atoms with Gasteiger partial charge in [-0.05, 0) is 69.3 Å². The van der Waals surface area contributed by atoms with Crippen LogP contribution >= 0.6 is 0 Å². The smallest absolute Gasteiger partial charge is 0.329 e. The van der Waals surface area contributed by atoms with Gasteiger partial charge in [0.25, 0.3) is 11.8 Å². The highest BCUT2D eigenvalue weighted by Gasteiger charge is 2.51. The minimum atomic E-state index is -1.72. The number of esters is 1. The predicted molar refractivity (Wildman–Crippen MR) is 219 cm³/mol. The highest BCUT2D eigenvalue weighted by molar-refractivity contribution is 5.98. The number of aromatic nitrogens is 2. The first-order valence-electron chi connectivity index (χ1n) is 20.1.